The number of carbonyl (C=O) groups is 1. The highest BCUT2D eigenvalue weighted by Gasteiger charge is 2.19. The largest absolute Gasteiger partial charge is 0.494 e. The van der Waals surface area contributed by atoms with Crippen LogP contribution in [0.5, 0.6) is 11.5 Å². The fourth-order valence-corrected chi connectivity index (χ4v) is 2.36. The van der Waals surface area contributed by atoms with Crippen LogP contribution in [0.3, 0.4) is 0 Å². The second kappa shape index (κ2) is 9.72. The first-order valence-electron chi connectivity index (χ1n) is 8.90. The molecular weight excluding hydrogens is 314 g/mol. The van der Waals surface area contributed by atoms with E-state index in [-0.39, 0.29) is 5.91 Å². The van der Waals surface area contributed by atoms with Crippen LogP contribution in [0.15, 0.2) is 48.5 Å². The predicted octanol–water partition coefficient (Wildman–Crippen LogP) is 4.97. The maximum Gasteiger partial charge on any atom is 0.265 e. The van der Waals surface area contributed by atoms with E-state index < -0.39 is 6.10 Å². The summed E-state index contributed by atoms with van der Waals surface area (Å²) < 4.78 is 11.5. The van der Waals surface area contributed by atoms with Crippen LogP contribution in [0, 0.1) is 6.92 Å². The van der Waals surface area contributed by atoms with E-state index in [0.29, 0.717) is 13.0 Å². The quantitative estimate of drug-likeness (QED) is 0.655. The fraction of sp³-hybridized carbons (Fsp3) is 0.381. The van der Waals surface area contributed by atoms with Gasteiger partial charge in [-0.05, 0) is 55.7 Å². The van der Waals surface area contributed by atoms with Crippen molar-refractivity contribution >= 4 is 11.6 Å². The zero-order valence-corrected chi connectivity index (χ0v) is 15.2. The molecule has 1 N–H and O–H groups in total. The van der Waals surface area contributed by atoms with Gasteiger partial charge in [-0.2, -0.15) is 0 Å². The number of hydrogen-bond acceptors (Lipinski definition) is 3. The van der Waals surface area contributed by atoms with Gasteiger partial charge in [0.25, 0.3) is 5.91 Å². The number of benzene rings is 2. The van der Waals surface area contributed by atoms with Gasteiger partial charge in [0.05, 0.1) is 6.61 Å². The molecule has 0 fully saturated rings. The van der Waals surface area contributed by atoms with Crippen LogP contribution < -0.4 is 14.8 Å². The van der Waals surface area contributed by atoms with E-state index in [9.17, 15) is 4.79 Å². The van der Waals surface area contributed by atoms with Crippen molar-refractivity contribution in [3.63, 3.8) is 0 Å². The molecule has 1 atom stereocenters. The minimum absolute atomic E-state index is 0.148. The number of ether oxygens (including phenoxy) is 2. The van der Waals surface area contributed by atoms with E-state index in [1.54, 1.807) is 0 Å². The smallest absolute Gasteiger partial charge is 0.265 e. The lowest BCUT2D eigenvalue weighted by Gasteiger charge is -2.18. The summed E-state index contributed by atoms with van der Waals surface area (Å²) >= 11 is 0. The number of nitrogens with one attached hydrogen (secondary N) is 1. The molecule has 0 aliphatic heterocycles. The van der Waals surface area contributed by atoms with Crippen LogP contribution in [0.2, 0.25) is 0 Å². The van der Waals surface area contributed by atoms with Crippen LogP contribution >= 0.6 is 0 Å². The predicted molar refractivity (Wildman–Crippen MR) is 101 cm³/mol. The Balaban J connectivity index is 1.93. The monoisotopic (exact) mass is 341 g/mol. The van der Waals surface area contributed by atoms with E-state index in [4.69, 9.17) is 9.47 Å². The first-order valence-corrected chi connectivity index (χ1v) is 8.90. The molecule has 2 aromatic carbocycles. The van der Waals surface area contributed by atoms with Gasteiger partial charge in [-0.3, -0.25) is 4.79 Å². The number of anilines is 1. The Bertz CT molecular complexity index is 667. The summed E-state index contributed by atoms with van der Waals surface area (Å²) in [6.07, 6.45) is 2.21. The Morgan fingerprint density at radius 3 is 2.44 bits per heavy atom. The van der Waals surface area contributed by atoms with Crippen molar-refractivity contribution in [2.45, 2.75) is 46.1 Å². The highest BCUT2D eigenvalue weighted by Crippen LogP contribution is 2.20. The Morgan fingerprint density at radius 1 is 1.08 bits per heavy atom. The molecule has 0 unspecified atom stereocenters. The Kier molecular flexibility index (Phi) is 7.33. The normalized spacial score (nSPS) is 11.6. The number of amides is 1. The van der Waals surface area contributed by atoms with Gasteiger partial charge in [0, 0.05) is 5.69 Å². The lowest BCUT2D eigenvalue weighted by Crippen LogP contribution is -2.32. The maximum absolute atomic E-state index is 12.5. The molecule has 0 heterocycles. The number of carbonyl (C=O) groups excluding carboxylic acids is 1. The zero-order chi connectivity index (χ0) is 18.1. The summed E-state index contributed by atoms with van der Waals surface area (Å²) in [7, 11) is 0. The molecule has 25 heavy (non-hydrogen) atoms. The number of unbranched alkanes of at least 4 members (excludes halogenated alkanes) is 1. The third kappa shape index (κ3) is 5.82. The molecule has 0 saturated heterocycles. The summed E-state index contributed by atoms with van der Waals surface area (Å²) in [4.78, 5) is 12.5. The van der Waals surface area contributed by atoms with Gasteiger partial charge in [-0.25, -0.2) is 0 Å². The van der Waals surface area contributed by atoms with Crippen LogP contribution in [-0.2, 0) is 4.79 Å². The standard InChI is InChI=1S/C21H27NO3/c1-4-6-15-24-18-13-11-17(12-14-18)22-21(23)19(5-2)25-20-10-8-7-9-16(20)3/h7-14,19H,4-6,15H2,1-3H3,(H,22,23)/t19-/m1/s1. The highest BCUT2D eigenvalue weighted by molar-refractivity contribution is 5.94. The number of para-hydroxylation sites is 1. The topological polar surface area (TPSA) is 47.6 Å². The van der Waals surface area contributed by atoms with Crippen molar-refractivity contribution in [3.05, 3.63) is 54.1 Å². The lowest BCUT2D eigenvalue weighted by atomic mass is 10.2. The highest BCUT2D eigenvalue weighted by atomic mass is 16.5. The fourth-order valence-electron chi connectivity index (χ4n) is 2.36. The summed E-state index contributed by atoms with van der Waals surface area (Å²) in [5.41, 5.74) is 1.75. The molecule has 0 aromatic heterocycles. The molecule has 134 valence electrons. The molecule has 4 heteroatoms. The third-order valence-corrected chi connectivity index (χ3v) is 3.91. The molecule has 4 nitrogen and oxygen atoms in total. The second-order valence-electron chi connectivity index (χ2n) is 6.00. The number of hydrogen-bond donors (Lipinski definition) is 1. The van der Waals surface area contributed by atoms with Crippen LogP contribution in [0.4, 0.5) is 5.69 Å². The molecule has 0 spiro atoms. The van der Waals surface area contributed by atoms with Gasteiger partial charge in [0.2, 0.25) is 0 Å². The molecule has 2 aromatic rings. The van der Waals surface area contributed by atoms with Crippen molar-refractivity contribution in [1.82, 2.24) is 0 Å². The van der Waals surface area contributed by atoms with Crippen LogP contribution in [0.1, 0.15) is 38.7 Å². The van der Waals surface area contributed by atoms with E-state index >= 15 is 0 Å². The second-order valence-corrected chi connectivity index (χ2v) is 6.00. The minimum atomic E-state index is -0.526. The molecule has 0 aliphatic carbocycles. The first kappa shape index (κ1) is 18.8. The van der Waals surface area contributed by atoms with Crippen LogP contribution in [0.25, 0.3) is 0 Å². The number of aryl methyl sites for hydroxylation is 1. The van der Waals surface area contributed by atoms with Crippen LogP contribution in [-0.4, -0.2) is 18.6 Å². The maximum atomic E-state index is 12.5. The molecule has 1 amide bonds. The molecule has 0 aliphatic rings. The van der Waals surface area contributed by atoms with Crippen molar-refractivity contribution in [2.24, 2.45) is 0 Å². The Hall–Kier alpha value is -2.49. The van der Waals surface area contributed by atoms with E-state index in [1.807, 2.05) is 62.4 Å². The third-order valence-electron chi connectivity index (χ3n) is 3.91. The molecular formula is C21H27NO3. The van der Waals surface area contributed by atoms with Gasteiger partial charge in [-0.15, -0.1) is 0 Å². The summed E-state index contributed by atoms with van der Waals surface area (Å²) in [5, 5.41) is 2.91. The summed E-state index contributed by atoms with van der Waals surface area (Å²) in [5.74, 6) is 1.41. The first-order chi connectivity index (χ1) is 12.1. The lowest BCUT2D eigenvalue weighted by molar-refractivity contribution is -0.122. The summed E-state index contributed by atoms with van der Waals surface area (Å²) in [6, 6.07) is 15.1. The molecule has 0 saturated carbocycles. The van der Waals surface area contributed by atoms with Gasteiger partial charge in [0.1, 0.15) is 11.5 Å². The SMILES string of the molecule is CCCCOc1ccc(NC(=O)[C@@H](CC)Oc2ccccc2C)cc1. The van der Waals surface area contributed by atoms with E-state index in [0.717, 1.165) is 35.6 Å². The van der Waals surface area contributed by atoms with Crippen molar-refractivity contribution in [2.75, 3.05) is 11.9 Å². The van der Waals surface area contributed by atoms with Gasteiger partial charge in [0.15, 0.2) is 6.10 Å². The average Bonchev–Trinajstić information content (AvgIpc) is 2.62. The Morgan fingerprint density at radius 2 is 1.80 bits per heavy atom. The van der Waals surface area contributed by atoms with Crippen molar-refractivity contribution < 1.29 is 14.3 Å². The van der Waals surface area contributed by atoms with Gasteiger partial charge in [-0.1, -0.05) is 38.5 Å². The molecule has 2 rings (SSSR count). The van der Waals surface area contributed by atoms with Gasteiger partial charge < -0.3 is 14.8 Å². The van der Waals surface area contributed by atoms with Crippen molar-refractivity contribution in [3.8, 4) is 11.5 Å². The number of rotatable bonds is 9. The Labute approximate surface area is 150 Å². The van der Waals surface area contributed by atoms with Crippen molar-refractivity contribution in [1.29, 1.82) is 0 Å². The minimum Gasteiger partial charge on any atom is -0.494 e. The molecule has 0 bridgehead atoms. The van der Waals surface area contributed by atoms with Gasteiger partial charge >= 0.3 is 0 Å². The van der Waals surface area contributed by atoms with E-state index in [2.05, 4.69) is 12.2 Å². The van der Waals surface area contributed by atoms with E-state index in [1.165, 1.54) is 0 Å². The molecule has 0 radical (unpaired) electrons. The average molecular weight is 341 g/mol. The zero-order valence-electron chi connectivity index (χ0n) is 15.2. The summed E-state index contributed by atoms with van der Waals surface area (Å²) in [6.45, 7) is 6.75.